The summed E-state index contributed by atoms with van der Waals surface area (Å²) in [4.78, 5) is 20.9. The number of anilines is 1. The minimum absolute atomic E-state index is 0.0223. The highest BCUT2D eigenvalue weighted by Crippen LogP contribution is 2.18. The number of aliphatic hydroxyl groups excluding tert-OH is 1. The molecule has 1 aromatic carbocycles. The zero-order valence-electron chi connectivity index (χ0n) is 18.6. The number of aryl methyl sites for hydroxylation is 1. The van der Waals surface area contributed by atoms with Crippen molar-refractivity contribution in [2.45, 2.75) is 39.6 Å². The van der Waals surface area contributed by atoms with Crippen LogP contribution in [0, 0.1) is 6.92 Å². The van der Waals surface area contributed by atoms with Gasteiger partial charge in [0.15, 0.2) is 0 Å². The van der Waals surface area contributed by atoms with Gasteiger partial charge in [-0.3, -0.25) is 20.1 Å². The van der Waals surface area contributed by atoms with Gasteiger partial charge in [0, 0.05) is 43.1 Å². The number of benzene rings is 1. The number of aliphatic imine (C=N–C) groups is 1. The molecule has 0 aliphatic rings. The van der Waals surface area contributed by atoms with Gasteiger partial charge in [-0.25, -0.2) is 0 Å². The first-order valence-electron chi connectivity index (χ1n) is 10.5. The van der Waals surface area contributed by atoms with Crippen molar-refractivity contribution in [1.29, 1.82) is 0 Å². The summed E-state index contributed by atoms with van der Waals surface area (Å²) < 4.78 is 0. The molecule has 5 N–H and O–H groups in total. The van der Waals surface area contributed by atoms with E-state index in [1.165, 1.54) is 0 Å². The van der Waals surface area contributed by atoms with Crippen molar-refractivity contribution in [2.75, 3.05) is 11.9 Å². The van der Waals surface area contributed by atoms with Crippen molar-refractivity contribution in [1.82, 2.24) is 15.6 Å². The van der Waals surface area contributed by atoms with Crippen LogP contribution >= 0.6 is 0 Å². The Morgan fingerprint density at radius 3 is 2.78 bits per heavy atom. The number of allylic oxidation sites excluding steroid dienone is 1. The summed E-state index contributed by atoms with van der Waals surface area (Å²) >= 11 is 0. The van der Waals surface area contributed by atoms with Gasteiger partial charge >= 0.3 is 0 Å². The van der Waals surface area contributed by atoms with Crippen LogP contribution in [-0.4, -0.2) is 39.8 Å². The van der Waals surface area contributed by atoms with Crippen LogP contribution in [0.15, 0.2) is 72.3 Å². The van der Waals surface area contributed by atoms with Gasteiger partial charge < -0.3 is 20.8 Å². The first kappa shape index (κ1) is 24.9. The average Bonchev–Trinajstić information content (AvgIpc) is 2.77. The lowest BCUT2D eigenvalue weighted by Crippen LogP contribution is -2.32. The predicted octanol–water partition coefficient (Wildman–Crippen LogP) is 3.03. The molecular weight excluding hydrogens is 406 g/mol. The number of rotatable bonds is 11. The van der Waals surface area contributed by atoms with Gasteiger partial charge in [-0.15, -0.1) is 0 Å². The van der Waals surface area contributed by atoms with Crippen LogP contribution in [-0.2, 0) is 0 Å². The largest absolute Gasteiger partial charge is 0.383 e. The molecule has 2 rings (SSSR count). The molecule has 8 nitrogen and oxygen atoms in total. The van der Waals surface area contributed by atoms with Crippen molar-refractivity contribution in [2.24, 2.45) is 4.99 Å². The van der Waals surface area contributed by atoms with Crippen LogP contribution in [0.3, 0.4) is 0 Å². The third kappa shape index (κ3) is 8.81. The molecule has 1 amide bonds. The Balaban J connectivity index is 1.98. The van der Waals surface area contributed by atoms with E-state index in [1.807, 2.05) is 57.2 Å². The van der Waals surface area contributed by atoms with Crippen LogP contribution in [0.5, 0.6) is 0 Å². The molecule has 0 radical (unpaired) electrons. The summed E-state index contributed by atoms with van der Waals surface area (Å²) in [6.07, 6.45) is 9.64. The topological polar surface area (TPSA) is 119 Å². The molecule has 0 aliphatic heterocycles. The molecule has 0 fully saturated rings. The van der Waals surface area contributed by atoms with Gasteiger partial charge in [-0.2, -0.15) is 0 Å². The summed E-state index contributed by atoms with van der Waals surface area (Å²) in [5.74, 6) is -0.206. The van der Waals surface area contributed by atoms with E-state index in [0.29, 0.717) is 17.0 Å². The lowest BCUT2D eigenvalue weighted by Gasteiger charge is -2.14. The number of nitrogens with zero attached hydrogens (tertiary/aromatic N) is 2. The Hall–Kier alpha value is -3.33. The van der Waals surface area contributed by atoms with Gasteiger partial charge in [-0.1, -0.05) is 25.1 Å². The Kier molecular flexibility index (Phi) is 10.3. The Morgan fingerprint density at radius 2 is 2.06 bits per heavy atom. The number of aliphatic hydroxyl groups is 2. The van der Waals surface area contributed by atoms with Crippen LogP contribution in [0.25, 0.3) is 0 Å². The highest BCUT2D eigenvalue weighted by molar-refractivity contribution is 6.04. The molecule has 8 heteroatoms. The smallest absolute Gasteiger partial charge is 0.257 e. The Labute approximate surface area is 188 Å². The number of amides is 1. The van der Waals surface area contributed by atoms with E-state index in [-0.39, 0.29) is 18.5 Å². The Morgan fingerprint density at radius 1 is 1.25 bits per heavy atom. The second-order valence-corrected chi connectivity index (χ2v) is 7.22. The van der Waals surface area contributed by atoms with Gasteiger partial charge in [0.05, 0.1) is 11.3 Å². The number of hydrogen-bond donors (Lipinski definition) is 5. The lowest BCUT2D eigenvalue weighted by atomic mass is 10.1. The number of pyridine rings is 1. The maximum Gasteiger partial charge on any atom is 0.257 e. The summed E-state index contributed by atoms with van der Waals surface area (Å²) in [5, 5.41) is 26.6. The molecule has 170 valence electrons. The number of aromatic nitrogens is 1. The molecule has 0 bridgehead atoms. The van der Waals surface area contributed by atoms with Gasteiger partial charge in [-0.05, 0) is 55.7 Å². The SMILES string of the molecule is CC/C=C/C(CNC(O)O)=NC=CNC(C)c1cccc(NC(=O)c2cncc(C)c2)c1. The van der Waals surface area contributed by atoms with Crippen LogP contribution in [0.1, 0.15) is 47.8 Å². The maximum atomic E-state index is 12.5. The van der Waals surface area contributed by atoms with E-state index in [0.717, 1.165) is 17.5 Å². The molecule has 32 heavy (non-hydrogen) atoms. The minimum atomic E-state index is -1.59. The first-order valence-corrected chi connectivity index (χ1v) is 10.5. The summed E-state index contributed by atoms with van der Waals surface area (Å²) in [6.45, 7) is 6.13. The monoisotopic (exact) mass is 437 g/mol. The van der Waals surface area contributed by atoms with Gasteiger partial charge in [0.2, 0.25) is 6.41 Å². The standard InChI is InChI=1S/C24H31N5O3/c1-4-5-8-22(16-28-24(31)32)27-11-10-26-18(3)19-7-6-9-21(13-19)29-23(30)20-12-17(2)14-25-15-20/h5-15,18,24,26,28,31-32H,4,16H2,1-3H3,(H,29,30)/b8-5+,11-10?,27-22?. The second kappa shape index (κ2) is 13.2. The van der Waals surface area contributed by atoms with E-state index in [4.69, 9.17) is 10.2 Å². The molecule has 1 heterocycles. The van der Waals surface area contributed by atoms with Crippen LogP contribution in [0.4, 0.5) is 5.69 Å². The fraction of sp³-hybridized carbons (Fsp3) is 0.292. The Bertz CT molecular complexity index is 970. The second-order valence-electron chi connectivity index (χ2n) is 7.22. The van der Waals surface area contributed by atoms with E-state index in [1.54, 1.807) is 30.9 Å². The molecule has 0 saturated heterocycles. The fourth-order valence-electron chi connectivity index (χ4n) is 2.78. The quantitative estimate of drug-likeness (QED) is 0.272. The molecular formula is C24H31N5O3. The van der Waals surface area contributed by atoms with E-state index in [2.05, 4.69) is 25.9 Å². The summed E-state index contributed by atoms with van der Waals surface area (Å²) in [7, 11) is 0. The molecule has 0 aliphatic carbocycles. The third-order valence-corrected chi connectivity index (χ3v) is 4.45. The highest BCUT2D eigenvalue weighted by Gasteiger charge is 2.09. The summed E-state index contributed by atoms with van der Waals surface area (Å²) in [6, 6.07) is 9.39. The predicted molar refractivity (Wildman–Crippen MR) is 127 cm³/mol. The van der Waals surface area contributed by atoms with E-state index < -0.39 is 6.41 Å². The average molecular weight is 438 g/mol. The first-order chi connectivity index (χ1) is 15.4. The third-order valence-electron chi connectivity index (χ3n) is 4.45. The number of carbonyl (C=O) groups is 1. The van der Waals surface area contributed by atoms with E-state index in [9.17, 15) is 4.79 Å². The molecule has 0 spiro atoms. The fourth-order valence-corrected chi connectivity index (χ4v) is 2.78. The normalized spacial score (nSPS) is 13.1. The van der Waals surface area contributed by atoms with Crippen molar-refractivity contribution in [3.05, 3.63) is 84.0 Å². The zero-order valence-corrected chi connectivity index (χ0v) is 18.6. The minimum Gasteiger partial charge on any atom is -0.383 e. The zero-order chi connectivity index (χ0) is 23.3. The summed E-state index contributed by atoms with van der Waals surface area (Å²) in [5.41, 5.74) is 3.80. The van der Waals surface area contributed by atoms with Gasteiger partial charge in [0.1, 0.15) is 0 Å². The lowest BCUT2D eigenvalue weighted by molar-refractivity contribution is -0.0622. The maximum absolute atomic E-state index is 12.5. The van der Waals surface area contributed by atoms with Gasteiger partial charge in [0.25, 0.3) is 5.91 Å². The molecule has 1 unspecified atom stereocenters. The van der Waals surface area contributed by atoms with Crippen molar-refractivity contribution >= 4 is 17.3 Å². The molecule has 0 saturated carbocycles. The number of nitrogens with one attached hydrogen (secondary N) is 3. The molecule has 1 atom stereocenters. The molecule has 2 aromatic rings. The van der Waals surface area contributed by atoms with Crippen LogP contribution in [0.2, 0.25) is 0 Å². The molecule has 1 aromatic heterocycles. The highest BCUT2D eigenvalue weighted by atomic mass is 16.5. The number of hydrogen-bond acceptors (Lipinski definition) is 7. The van der Waals surface area contributed by atoms with Crippen molar-refractivity contribution in [3.8, 4) is 0 Å². The van der Waals surface area contributed by atoms with E-state index >= 15 is 0 Å². The van der Waals surface area contributed by atoms with Crippen molar-refractivity contribution in [3.63, 3.8) is 0 Å². The van der Waals surface area contributed by atoms with Crippen LogP contribution < -0.4 is 16.0 Å². The number of carbonyl (C=O) groups excluding carboxylic acids is 1. The van der Waals surface area contributed by atoms with Crippen molar-refractivity contribution < 1.29 is 15.0 Å².